The van der Waals surface area contributed by atoms with Gasteiger partial charge in [-0.1, -0.05) is 48.6 Å². The number of allylic oxidation sites excluding steroid dienone is 4. The molecule has 0 fully saturated rings. The van der Waals surface area contributed by atoms with Gasteiger partial charge in [-0.3, -0.25) is 14.6 Å². The van der Waals surface area contributed by atoms with Gasteiger partial charge >= 0.3 is 0 Å². The largest absolute Gasteiger partial charge is 0.507 e. The topological polar surface area (TPSA) is 112 Å². The van der Waals surface area contributed by atoms with E-state index in [0.29, 0.717) is 59.2 Å². The van der Waals surface area contributed by atoms with Crippen molar-refractivity contribution in [3.63, 3.8) is 0 Å². The van der Waals surface area contributed by atoms with Crippen LogP contribution in [0.15, 0.2) is 82.9 Å². The summed E-state index contributed by atoms with van der Waals surface area (Å²) >= 11 is 6.31. The zero-order chi connectivity index (χ0) is 31.9. The average molecular weight is 640 g/mol. The Kier molecular flexibility index (Phi) is 8.04. The number of methoxy groups -OCH3 is 1. The number of halogens is 1. The number of hydrogen-bond acceptors (Lipinski definition) is 7. The molecule has 3 aromatic carbocycles. The van der Waals surface area contributed by atoms with E-state index >= 15 is 0 Å². The van der Waals surface area contributed by atoms with Crippen molar-refractivity contribution >= 4 is 51.8 Å². The van der Waals surface area contributed by atoms with Gasteiger partial charge in [-0.2, -0.15) is 0 Å². The third-order valence-corrected chi connectivity index (χ3v) is 9.51. The van der Waals surface area contributed by atoms with Crippen LogP contribution in [0.4, 0.5) is 11.4 Å². The van der Waals surface area contributed by atoms with Gasteiger partial charge in [0.15, 0.2) is 11.5 Å². The second kappa shape index (κ2) is 12.3. The van der Waals surface area contributed by atoms with Gasteiger partial charge in [-0.05, 0) is 41.0 Å². The van der Waals surface area contributed by atoms with Crippen LogP contribution >= 0.6 is 11.6 Å². The summed E-state index contributed by atoms with van der Waals surface area (Å²) in [6.45, 7) is 0.651. The summed E-state index contributed by atoms with van der Waals surface area (Å²) in [5.74, 6) is 0.477. The number of aliphatic hydroxyl groups is 1. The number of alkyl halides is 1. The van der Waals surface area contributed by atoms with Gasteiger partial charge in [0, 0.05) is 48.6 Å². The van der Waals surface area contributed by atoms with Gasteiger partial charge in [-0.15, -0.1) is 11.6 Å². The molecule has 0 bridgehead atoms. The van der Waals surface area contributed by atoms with Gasteiger partial charge in [-0.25, -0.2) is 0 Å². The third kappa shape index (κ3) is 5.33. The molecule has 0 saturated carbocycles. The number of phenolic OH excluding ortho intramolecular Hbond substituents is 1. The van der Waals surface area contributed by atoms with Crippen molar-refractivity contribution in [2.45, 2.75) is 37.3 Å². The number of fused-ring (bicyclic) bond motifs is 5. The molecular weight excluding hydrogens is 606 g/mol. The first-order chi connectivity index (χ1) is 22.4. The van der Waals surface area contributed by atoms with Crippen LogP contribution in [0.2, 0.25) is 0 Å². The van der Waals surface area contributed by atoms with Gasteiger partial charge in [0.1, 0.15) is 12.4 Å². The van der Waals surface area contributed by atoms with Crippen molar-refractivity contribution in [3.8, 4) is 17.2 Å². The number of carbonyl (C=O) groups is 2. The summed E-state index contributed by atoms with van der Waals surface area (Å²) in [5, 5.41) is 23.1. The highest BCUT2D eigenvalue weighted by Gasteiger charge is 2.36. The maximum Gasteiger partial charge on any atom is 0.257 e. The molecule has 3 aliphatic heterocycles. The summed E-state index contributed by atoms with van der Waals surface area (Å²) in [6, 6.07) is 12.2. The fourth-order valence-corrected chi connectivity index (χ4v) is 7.08. The van der Waals surface area contributed by atoms with Crippen LogP contribution in [-0.2, 0) is 4.79 Å². The predicted molar refractivity (Wildman–Crippen MR) is 178 cm³/mol. The van der Waals surface area contributed by atoms with Crippen molar-refractivity contribution in [2.24, 2.45) is 4.99 Å². The lowest BCUT2D eigenvalue weighted by molar-refractivity contribution is -0.120. The molecule has 0 saturated heterocycles. The fourth-order valence-electron chi connectivity index (χ4n) is 6.83. The number of carbonyl (C=O) groups excluding carboxylic acids is 2. The minimum atomic E-state index is -1.13. The molecule has 236 valence electrons. The van der Waals surface area contributed by atoms with Crippen molar-refractivity contribution in [3.05, 3.63) is 89.0 Å². The van der Waals surface area contributed by atoms with E-state index in [2.05, 4.69) is 29.3 Å². The van der Waals surface area contributed by atoms with Gasteiger partial charge in [0.05, 0.1) is 42.6 Å². The van der Waals surface area contributed by atoms with E-state index in [1.807, 2.05) is 30.5 Å². The number of aliphatic imine (C=N–C) groups is 1. The Balaban J connectivity index is 1.05. The molecule has 0 unspecified atom stereocenters. The molecule has 4 aliphatic rings. The molecule has 7 rings (SSSR count). The number of hydrogen-bond donors (Lipinski definition) is 2. The molecule has 2 amide bonds. The van der Waals surface area contributed by atoms with Crippen molar-refractivity contribution in [2.75, 3.05) is 37.6 Å². The Labute approximate surface area is 271 Å². The zero-order valence-electron chi connectivity index (χ0n) is 25.4. The van der Waals surface area contributed by atoms with Crippen LogP contribution in [0.5, 0.6) is 17.2 Å². The van der Waals surface area contributed by atoms with Crippen LogP contribution in [0, 0.1) is 0 Å². The summed E-state index contributed by atoms with van der Waals surface area (Å²) in [5.41, 5.74) is 4.80. The quantitative estimate of drug-likeness (QED) is 0.302. The van der Waals surface area contributed by atoms with E-state index < -0.39 is 6.10 Å². The second-order valence-electron chi connectivity index (χ2n) is 12.0. The summed E-state index contributed by atoms with van der Waals surface area (Å²) in [4.78, 5) is 35.1. The lowest BCUT2D eigenvalue weighted by Crippen LogP contribution is -2.43. The lowest BCUT2D eigenvalue weighted by atomic mass is 9.94. The Morgan fingerprint density at radius 1 is 1.15 bits per heavy atom. The molecule has 10 heteroatoms. The number of benzene rings is 3. The van der Waals surface area contributed by atoms with Crippen LogP contribution < -0.4 is 14.4 Å². The summed E-state index contributed by atoms with van der Waals surface area (Å²) in [6.07, 6.45) is 10.6. The molecule has 3 atom stereocenters. The highest BCUT2D eigenvalue weighted by molar-refractivity contribution is 6.19. The van der Waals surface area contributed by atoms with Crippen molar-refractivity contribution in [1.82, 2.24) is 4.90 Å². The SMILES string of the molecule is COc1cc2c(cc1OC[C@@H](O)CC(=O)N1C[C@@H](CCl)c3c1cc(O)c1ccccc31)N=C[C@@H]1CC(C3=CCC=C3)=CCN1C2=O. The number of aliphatic hydroxyl groups excluding tert-OH is 1. The van der Waals surface area contributed by atoms with Gasteiger partial charge < -0.3 is 29.5 Å². The van der Waals surface area contributed by atoms with E-state index in [1.165, 1.54) is 18.3 Å². The number of phenols is 1. The molecular formula is C36H34ClN3O6. The van der Waals surface area contributed by atoms with E-state index in [0.717, 1.165) is 17.4 Å². The molecule has 46 heavy (non-hydrogen) atoms. The first kappa shape index (κ1) is 30.1. The molecule has 3 heterocycles. The number of amides is 2. The maximum atomic E-state index is 13.6. The number of nitrogens with zero attached hydrogens (tertiary/aromatic N) is 3. The van der Waals surface area contributed by atoms with Crippen molar-refractivity contribution < 1.29 is 29.3 Å². The summed E-state index contributed by atoms with van der Waals surface area (Å²) < 4.78 is 11.5. The number of aromatic hydroxyl groups is 1. The van der Waals surface area contributed by atoms with Crippen LogP contribution in [0.25, 0.3) is 10.8 Å². The molecule has 0 aromatic heterocycles. The first-order valence-electron chi connectivity index (χ1n) is 15.4. The normalized spacial score (nSPS) is 20.5. The Bertz CT molecular complexity index is 1860. The number of ether oxygens (including phenoxy) is 2. The predicted octanol–water partition coefficient (Wildman–Crippen LogP) is 5.80. The van der Waals surface area contributed by atoms with Gasteiger partial charge in [0.2, 0.25) is 5.91 Å². The summed E-state index contributed by atoms with van der Waals surface area (Å²) in [7, 11) is 1.48. The van der Waals surface area contributed by atoms with Crippen LogP contribution in [0.3, 0.4) is 0 Å². The molecule has 3 aromatic rings. The van der Waals surface area contributed by atoms with E-state index in [4.69, 9.17) is 21.1 Å². The maximum absolute atomic E-state index is 13.6. The van der Waals surface area contributed by atoms with Crippen LogP contribution in [0.1, 0.15) is 41.1 Å². The van der Waals surface area contributed by atoms with E-state index in [9.17, 15) is 19.8 Å². The Hall–Kier alpha value is -4.60. The fraction of sp³-hybridized carbons (Fsp3) is 0.306. The lowest BCUT2D eigenvalue weighted by Gasteiger charge is -2.32. The Morgan fingerprint density at radius 3 is 2.74 bits per heavy atom. The Morgan fingerprint density at radius 2 is 1.98 bits per heavy atom. The highest BCUT2D eigenvalue weighted by Crippen LogP contribution is 2.45. The second-order valence-corrected chi connectivity index (χ2v) is 12.3. The monoisotopic (exact) mass is 639 g/mol. The smallest absolute Gasteiger partial charge is 0.257 e. The van der Waals surface area contributed by atoms with Crippen LogP contribution in [-0.4, -0.2) is 78.0 Å². The molecule has 2 N–H and O–H groups in total. The molecule has 0 radical (unpaired) electrons. The van der Waals surface area contributed by atoms with E-state index in [1.54, 1.807) is 28.0 Å². The van der Waals surface area contributed by atoms with Crippen molar-refractivity contribution in [1.29, 1.82) is 0 Å². The average Bonchev–Trinajstić information content (AvgIpc) is 3.72. The van der Waals surface area contributed by atoms with E-state index in [-0.39, 0.29) is 42.6 Å². The number of rotatable bonds is 8. The molecule has 1 aliphatic carbocycles. The standard InChI is InChI=1S/C36H34ClN3O6/c1-45-32-14-28-29(38-18-24-12-22(21-6-2-3-7-21)10-11-39(24)36(28)44)15-33(32)46-20-25(41)13-34(43)40-19-23(17-37)35-27-9-5-4-8-26(27)31(42)16-30(35)40/h2,4-10,14-16,18,23-25,41-42H,3,11-13,17,19-20H2,1H3/t23-,24+,25+/m1/s1. The minimum Gasteiger partial charge on any atom is -0.507 e. The minimum absolute atomic E-state index is 0.0822. The third-order valence-electron chi connectivity index (χ3n) is 9.14. The zero-order valence-corrected chi connectivity index (χ0v) is 26.1. The molecule has 0 spiro atoms. The van der Waals surface area contributed by atoms with Gasteiger partial charge in [0.25, 0.3) is 5.91 Å². The number of anilines is 1. The first-order valence-corrected chi connectivity index (χ1v) is 15.9. The molecule has 9 nitrogen and oxygen atoms in total. The highest BCUT2D eigenvalue weighted by atomic mass is 35.5.